The lowest BCUT2D eigenvalue weighted by atomic mass is 10.3. The van der Waals surface area contributed by atoms with Gasteiger partial charge in [-0.05, 0) is 11.4 Å². The molecule has 3 aromatic rings. The van der Waals surface area contributed by atoms with Crippen LogP contribution in [0.15, 0.2) is 17.8 Å². The average Bonchev–Trinajstić information content (AvgIpc) is 3.06. The Bertz CT molecular complexity index is 731. The third-order valence-electron chi connectivity index (χ3n) is 3.21. The fourth-order valence-corrected chi connectivity index (χ4v) is 2.86. The number of anilines is 1. The molecule has 0 fully saturated rings. The third kappa shape index (κ3) is 2.24. The summed E-state index contributed by atoms with van der Waals surface area (Å²) >= 11 is 1.65. The van der Waals surface area contributed by atoms with Crippen LogP contribution in [-0.4, -0.2) is 31.8 Å². The summed E-state index contributed by atoms with van der Waals surface area (Å²) in [4.78, 5) is 16.6. The van der Waals surface area contributed by atoms with Gasteiger partial charge >= 0.3 is 0 Å². The lowest BCUT2D eigenvalue weighted by molar-refractivity contribution is 0.686. The Morgan fingerprint density at radius 3 is 2.90 bits per heavy atom. The summed E-state index contributed by atoms with van der Waals surface area (Å²) in [6.45, 7) is 2.74. The summed E-state index contributed by atoms with van der Waals surface area (Å²) in [5.41, 5.74) is 0. The van der Waals surface area contributed by atoms with Gasteiger partial charge in [-0.1, -0.05) is 6.92 Å². The highest BCUT2D eigenvalue weighted by molar-refractivity contribution is 7.16. The van der Waals surface area contributed by atoms with Crippen molar-refractivity contribution in [3.05, 3.63) is 29.4 Å². The highest BCUT2D eigenvalue weighted by Crippen LogP contribution is 2.27. The fraction of sp³-hybridized carbons (Fsp3) is 0.385. The average molecular weight is 288 g/mol. The van der Waals surface area contributed by atoms with E-state index in [-0.39, 0.29) is 0 Å². The minimum Gasteiger partial charge on any atom is -0.351 e. The van der Waals surface area contributed by atoms with E-state index >= 15 is 0 Å². The van der Waals surface area contributed by atoms with E-state index in [1.807, 2.05) is 14.1 Å². The number of nitrogens with zero attached hydrogens (tertiary/aromatic N) is 6. The van der Waals surface area contributed by atoms with Crippen molar-refractivity contribution in [2.24, 2.45) is 7.05 Å². The monoisotopic (exact) mass is 288 g/mol. The summed E-state index contributed by atoms with van der Waals surface area (Å²) < 4.78 is 1.78. The van der Waals surface area contributed by atoms with Gasteiger partial charge in [0.2, 0.25) is 0 Å². The lowest BCUT2D eigenvalue weighted by Crippen LogP contribution is -2.21. The molecule has 0 aliphatic heterocycles. The van der Waals surface area contributed by atoms with Crippen LogP contribution in [0, 0.1) is 0 Å². The molecule has 7 heteroatoms. The molecule has 0 unspecified atom stereocenters. The summed E-state index contributed by atoms with van der Waals surface area (Å²) in [7, 11) is 3.92. The van der Waals surface area contributed by atoms with Crippen molar-refractivity contribution in [2.45, 2.75) is 19.9 Å². The summed E-state index contributed by atoms with van der Waals surface area (Å²) in [5.74, 6) is 2.74. The topological polar surface area (TPSA) is 59.7 Å². The first kappa shape index (κ1) is 13.0. The van der Waals surface area contributed by atoms with Crippen LogP contribution in [0.3, 0.4) is 0 Å². The van der Waals surface area contributed by atoms with E-state index in [0.717, 1.165) is 34.1 Å². The molecule has 6 nitrogen and oxygen atoms in total. The second kappa shape index (κ2) is 5.16. The van der Waals surface area contributed by atoms with Gasteiger partial charge in [0.25, 0.3) is 0 Å². The maximum atomic E-state index is 4.67. The molecule has 0 atom stereocenters. The molecule has 0 saturated heterocycles. The highest BCUT2D eigenvalue weighted by Gasteiger charge is 2.14. The van der Waals surface area contributed by atoms with Gasteiger partial charge < -0.3 is 4.90 Å². The smallest absolute Gasteiger partial charge is 0.146 e. The predicted molar refractivity (Wildman–Crippen MR) is 79.9 cm³/mol. The molecule has 0 amide bonds. The van der Waals surface area contributed by atoms with Crippen molar-refractivity contribution < 1.29 is 0 Å². The van der Waals surface area contributed by atoms with Crippen LogP contribution in [0.5, 0.6) is 0 Å². The van der Waals surface area contributed by atoms with Crippen molar-refractivity contribution in [3.63, 3.8) is 0 Å². The molecule has 3 rings (SSSR count). The number of fused-ring (bicyclic) bond motifs is 1. The molecule has 0 bridgehead atoms. The van der Waals surface area contributed by atoms with Crippen LogP contribution >= 0.6 is 11.3 Å². The number of hydrogen-bond acceptors (Lipinski definition) is 6. The minimum atomic E-state index is 0.668. The van der Waals surface area contributed by atoms with Crippen molar-refractivity contribution in [1.29, 1.82) is 0 Å². The minimum absolute atomic E-state index is 0.668. The van der Waals surface area contributed by atoms with Crippen LogP contribution in [-0.2, 0) is 20.0 Å². The molecular weight excluding hydrogens is 272 g/mol. The third-order valence-corrected chi connectivity index (χ3v) is 4.02. The van der Waals surface area contributed by atoms with Crippen LogP contribution < -0.4 is 4.90 Å². The standard InChI is InChI=1S/C13H16N6S/c1-4-10-16-12(9-5-6-20-13(9)17-10)18(2)7-11-14-8-15-19(11)3/h5-6,8H,4,7H2,1-3H3. The zero-order chi connectivity index (χ0) is 14.1. The van der Waals surface area contributed by atoms with Crippen molar-refractivity contribution in [3.8, 4) is 0 Å². The Hall–Kier alpha value is -2.02. The highest BCUT2D eigenvalue weighted by atomic mass is 32.1. The molecule has 104 valence electrons. The first-order valence-corrected chi connectivity index (χ1v) is 7.35. The number of rotatable bonds is 4. The maximum absolute atomic E-state index is 4.67. The maximum Gasteiger partial charge on any atom is 0.146 e. The summed E-state index contributed by atoms with van der Waals surface area (Å²) in [6, 6.07) is 2.07. The van der Waals surface area contributed by atoms with E-state index in [1.165, 1.54) is 0 Å². The van der Waals surface area contributed by atoms with Gasteiger partial charge in [-0.2, -0.15) is 5.10 Å². The second-order valence-corrected chi connectivity index (χ2v) is 5.51. The number of hydrogen-bond donors (Lipinski definition) is 0. The molecule has 0 saturated carbocycles. The first-order chi connectivity index (χ1) is 9.69. The fourth-order valence-electron chi connectivity index (χ4n) is 2.08. The zero-order valence-electron chi connectivity index (χ0n) is 11.7. The van der Waals surface area contributed by atoms with E-state index in [1.54, 1.807) is 22.3 Å². The van der Waals surface area contributed by atoms with Gasteiger partial charge in [-0.15, -0.1) is 11.3 Å². The van der Waals surface area contributed by atoms with E-state index < -0.39 is 0 Å². The van der Waals surface area contributed by atoms with Crippen molar-refractivity contribution in [1.82, 2.24) is 24.7 Å². The molecule has 0 N–H and O–H groups in total. The summed E-state index contributed by atoms with van der Waals surface area (Å²) in [6.07, 6.45) is 2.40. The lowest BCUT2D eigenvalue weighted by Gasteiger charge is -2.18. The Labute approximate surface area is 121 Å². The molecule has 0 aliphatic carbocycles. The first-order valence-electron chi connectivity index (χ1n) is 6.47. The van der Waals surface area contributed by atoms with Gasteiger partial charge in [0.15, 0.2) is 0 Å². The number of aromatic nitrogens is 5. The van der Waals surface area contributed by atoms with E-state index in [9.17, 15) is 0 Å². The molecule has 20 heavy (non-hydrogen) atoms. The van der Waals surface area contributed by atoms with Gasteiger partial charge in [-0.25, -0.2) is 15.0 Å². The van der Waals surface area contributed by atoms with Crippen molar-refractivity contribution in [2.75, 3.05) is 11.9 Å². The number of aryl methyl sites for hydroxylation is 2. The molecular formula is C13H16N6S. The second-order valence-electron chi connectivity index (χ2n) is 4.61. The molecule has 3 heterocycles. The molecule has 0 radical (unpaired) electrons. The van der Waals surface area contributed by atoms with Crippen LogP contribution in [0.4, 0.5) is 5.82 Å². The SMILES string of the molecule is CCc1nc(N(C)Cc2ncnn2C)c2ccsc2n1. The van der Waals surface area contributed by atoms with Gasteiger partial charge in [0.1, 0.15) is 28.6 Å². The Kier molecular flexibility index (Phi) is 3.35. The zero-order valence-corrected chi connectivity index (χ0v) is 12.6. The van der Waals surface area contributed by atoms with Crippen LogP contribution in [0.2, 0.25) is 0 Å². The molecule has 0 aromatic carbocycles. The molecule has 0 aliphatic rings. The molecule has 3 aromatic heterocycles. The van der Waals surface area contributed by atoms with Gasteiger partial charge in [0.05, 0.1) is 11.9 Å². The van der Waals surface area contributed by atoms with E-state index in [0.29, 0.717) is 6.54 Å². The Morgan fingerprint density at radius 1 is 1.35 bits per heavy atom. The van der Waals surface area contributed by atoms with Crippen LogP contribution in [0.1, 0.15) is 18.6 Å². The largest absolute Gasteiger partial charge is 0.351 e. The van der Waals surface area contributed by atoms with Gasteiger partial charge in [-0.3, -0.25) is 4.68 Å². The predicted octanol–water partition coefficient (Wildman–Crippen LogP) is 2.02. The Morgan fingerprint density at radius 2 is 2.20 bits per heavy atom. The normalized spacial score (nSPS) is 11.2. The Balaban J connectivity index is 2.00. The quantitative estimate of drug-likeness (QED) is 0.735. The van der Waals surface area contributed by atoms with E-state index in [4.69, 9.17) is 0 Å². The summed E-state index contributed by atoms with van der Waals surface area (Å²) in [5, 5.41) is 7.25. The van der Waals surface area contributed by atoms with Gasteiger partial charge in [0, 0.05) is 20.5 Å². The molecule has 0 spiro atoms. The van der Waals surface area contributed by atoms with E-state index in [2.05, 4.69) is 43.3 Å². The van der Waals surface area contributed by atoms with Crippen molar-refractivity contribution >= 4 is 27.4 Å². The number of thiophene rings is 1. The van der Waals surface area contributed by atoms with Crippen LogP contribution in [0.25, 0.3) is 10.2 Å².